The molecule has 0 saturated heterocycles. The molecule has 0 aromatic heterocycles. The molecule has 0 fully saturated rings. The van der Waals surface area contributed by atoms with Gasteiger partial charge in [-0.1, -0.05) is 6.07 Å². The highest BCUT2D eigenvalue weighted by Gasteiger charge is 2.15. The summed E-state index contributed by atoms with van der Waals surface area (Å²) in [6, 6.07) is 7.40. The largest absolute Gasteiger partial charge is 0.497 e. The Kier molecular flexibility index (Phi) is 4.37. The fourth-order valence-electron chi connectivity index (χ4n) is 1.28. The van der Waals surface area contributed by atoms with E-state index in [2.05, 4.69) is 5.32 Å². The van der Waals surface area contributed by atoms with Crippen LogP contribution in [0.25, 0.3) is 0 Å². The minimum Gasteiger partial charge on any atom is -0.497 e. The Hall–Kier alpha value is -1.71. The number of ether oxygens (including phenoxy) is 2. The van der Waals surface area contributed by atoms with E-state index in [1.165, 1.54) is 0 Å². The third-order valence-corrected chi connectivity index (χ3v) is 1.93. The molecule has 94 valence electrons. The van der Waals surface area contributed by atoms with E-state index >= 15 is 0 Å². The van der Waals surface area contributed by atoms with Gasteiger partial charge in [0, 0.05) is 11.8 Å². The van der Waals surface area contributed by atoms with Crippen LogP contribution in [0, 0.1) is 0 Å². The Bertz CT molecular complexity index is 382. The lowest BCUT2D eigenvalue weighted by molar-refractivity contribution is -0.152. The lowest BCUT2D eigenvalue weighted by atomic mass is 10.2. The predicted octanol–water partition coefficient (Wildman–Crippen LogP) is 2.45. The van der Waals surface area contributed by atoms with Crippen LogP contribution in [-0.2, 0) is 9.53 Å². The maximum atomic E-state index is 11.5. The summed E-state index contributed by atoms with van der Waals surface area (Å²) < 4.78 is 10.3. The average Bonchev–Trinajstić information content (AvgIpc) is 2.24. The number of nitrogens with one attached hydrogen (secondary N) is 1. The monoisotopic (exact) mass is 237 g/mol. The number of rotatable bonds is 4. The highest BCUT2D eigenvalue weighted by molar-refractivity contribution is 5.75. The zero-order chi connectivity index (χ0) is 12.9. The normalized spacial score (nSPS) is 10.8. The Balaban J connectivity index is 2.47. The maximum Gasteiger partial charge on any atom is 0.325 e. The summed E-state index contributed by atoms with van der Waals surface area (Å²) >= 11 is 0. The Morgan fingerprint density at radius 1 is 1.35 bits per heavy atom. The van der Waals surface area contributed by atoms with E-state index in [0.717, 1.165) is 11.4 Å². The second kappa shape index (κ2) is 5.57. The number of anilines is 1. The van der Waals surface area contributed by atoms with Crippen molar-refractivity contribution in [2.24, 2.45) is 0 Å². The first-order valence-corrected chi connectivity index (χ1v) is 5.50. The van der Waals surface area contributed by atoms with Crippen LogP contribution in [0.15, 0.2) is 24.3 Å². The summed E-state index contributed by atoms with van der Waals surface area (Å²) in [5.41, 5.74) is 0.378. The van der Waals surface area contributed by atoms with Gasteiger partial charge >= 0.3 is 5.97 Å². The molecule has 0 unspecified atom stereocenters. The van der Waals surface area contributed by atoms with Gasteiger partial charge in [-0.15, -0.1) is 0 Å². The van der Waals surface area contributed by atoms with Gasteiger partial charge in [0.25, 0.3) is 0 Å². The summed E-state index contributed by atoms with van der Waals surface area (Å²) in [6.45, 7) is 5.67. The summed E-state index contributed by atoms with van der Waals surface area (Å²) in [5, 5.41) is 2.99. The number of hydrogen-bond donors (Lipinski definition) is 1. The summed E-state index contributed by atoms with van der Waals surface area (Å²) in [6.07, 6.45) is 0. The molecule has 0 spiro atoms. The molecule has 17 heavy (non-hydrogen) atoms. The topological polar surface area (TPSA) is 47.6 Å². The highest BCUT2D eigenvalue weighted by atomic mass is 16.6. The van der Waals surface area contributed by atoms with Crippen LogP contribution in [0.1, 0.15) is 20.8 Å². The second-order valence-electron chi connectivity index (χ2n) is 4.67. The maximum absolute atomic E-state index is 11.5. The van der Waals surface area contributed by atoms with Crippen molar-refractivity contribution >= 4 is 11.7 Å². The molecule has 0 aliphatic rings. The van der Waals surface area contributed by atoms with E-state index in [4.69, 9.17) is 9.47 Å². The summed E-state index contributed by atoms with van der Waals surface area (Å²) in [7, 11) is 1.60. The van der Waals surface area contributed by atoms with Gasteiger partial charge in [-0.2, -0.15) is 0 Å². The van der Waals surface area contributed by atoms with Crippen LogP contribution in [0.4, 0.5) is 5.69 Å². The standard InChI is InChI=1S/C13H19NO3/c1-13(2,3)17-12(15)9-14-10-6-5-7-11(8-10)16-4/h5-8,14H,9H2,1-4H3. The third kappa shape index (κ3) is 5.24. The Morgan fingerprint density at radius 3 is 2.65 bits per heavy atom. The SMILES string of the molecule is COc1cccc(NCC(=O)OC(C)(C)C)c1. The van der Waals surface area contributed by atoms with Crippen LogP contribution in [0.3, 0.4) is 0 Å². The van der Waals surface area contributed by atoms with Gasteiger partial charge in [0.2, 0.25) is 0 Å². The van der Waals surface area contributed by atoms with Gasteiger partial charge in [0.05, 0.1) is 7.11 Å². The molecule has 4 heteroatoms. The molecule has 0 amide bonds. The minimum atomic E-state index is -0.451. The summed E-state index contributed by atoms with van der Waals surface area (Å²) in [4.78, 5) is 11.5. The van der Waals surface area contributed by atoms with Crippen molar-refractivity contribution in [3.8, 4) is 5.75 Å². The predicted molar refractivity (Wildman–Crippen MR) is 67.3 cm³/mol. The first-order valence-electron chi connectivity index (χ1n) is 5.50. The van der Waals surface area contributed by atoms with Crippen LogP contribution >= 0.6 is 0 Å². The van der Waals surface area contributed by atoms with Gasteiger partial charge < -0.3 is 14.8 Å². The van der Waals surface area contributed by atoms with Crippen LogP contribution < -0.4 is 10.1 Å². The van der Waals surface area contributed by atoms with Gasteiger partial charge in [-0.25, -0.2) is 0 Å². The molecule has 0 heterocycles. The van der Waals surface area contributed by atoms with E-state index in [-0.39, 0.29) is 12.5 Å². The lowest BCUT2D eigenvalue weighted by Gasteiger charge is -2.19. The van der Waals surface area contributed by atoms with E-state index in [1.807, 2.05) is 45.0 Å². The van der Waals surface area contributed by atoms with Gasteiger partial charge in [0.1, 0.15) is 17.9 Å². The van der Waals surface area contributed by atoms with Crippen molar-refractivity contribution in [3.05, 3.63) is 24.3 Å². The number of carbonyl (C=O) groups is 1. The molecule has 1 rings (SSSR count). The molecule has 1 N–H and O–H groups in total. The van der Waals surface area contributed by atoms with Crippen molar-refractivity contribution in [1.29, 1.82) is 0 Å². The zero-order valence-corrected chi connectivity index (χ0v) is 10.7. The second-order valence-corrected chi connectivity index (χ2v) is 4.67. The first kappa shape index (κ1) is 13.4. The Labute approximate surface area is 102 Å². The Morgan fingerprint density at radius 2 is 2.06 bits per heavy atom. The first-order chi connectivity index (χ1) is 7.90. The fraction of sp³-hybridized carbons (Fsp3) is 0.462. The van der Waals surface area contributed by atoms with E-state index < -0.39 is 5.60 Å². The molecule has 1 aromatic rings. The van der Waals surface area contributed by atoms with Gasteiger partial charge in [0.15, 0.2) is 0 Å². The molecular formula is C13H19NO3. The van der Waals surface area contributed by atoms with Crippen molar-refractivity contribution in [3.63, 3.8) is 0 Å². The molecule has 0 radical (unpaired) electrons. The molecule has 1 aromatic carbocycles. The number of esters is 1. The van der Waals surface area contributed by atoms with Gasteiger partial charge in [-0.3, -0.25) is 4.79 Å². The summed E-state index contributed by atoms with van der Waals surface area (Å²) in [5.74, 6) is 0.472. The number of hydrogen-bond acceptors (Lipinski definition) is 4. The quantitative estimate of drug-likeness (QED) is 0.817. The van der Waals surface area contributed by atoms with Crippen molar-refractivity contribution in [2.75, 3.05) is 19.0 Å². The smallest absolute Gasteiger partial charge is 0.325 e. The molecule has 0 saturated carbocycles. The highest BCUT2D eigenvalue weighted by Crippen LogP contribution is 2.16. The fourth-order valence-corrected chi connectivity index (χ4v) is 1.28. The van der Waals surface area contributed by atoms with E-state index in [9.17, 15) is 4.79 Å². The lowest BCUT2D eigenvalue weighted by Crippen LogP contribution is -2.28. The average molecular weight is 237 g/mol. The zero-order valence-electron chi connectivity index (χ0n) is 10.7. The molecule has 0 aliphatic heterocycles. The van der Waals surface area contributed by atoms with Crippen molar-refractivity contribution < 1.29 is 14.3 Å². The third-order valence-electron chi connectivity index (χ3n) is 1.93. The van der Waals surface area contributed by atoms with Gasteiger partial charge in [-0.05, 0) is 32.9 Å². The molecular weight excluding hydrogens is 218 g/mol. The molecule has 0 bridgehead atoms. The van der Waals surface area contributed by atoms with Crippen LogP contribution in [-0.4, -0.2) is 25.2 Å². The van der Waals surface area contributed by atoms with E-state index in [0.29, 0.717) is 0 Å². The van der Waals surface area contributed by atoms with Crippen LogP contribution in [0.5, 0.6) is 5.75 Å². The van der Waals surface area contributed by atoms with Crippen molar-refractivity contribution in [2.45, 2.75) is 26.4 Å². The van der Waals surface area contributed by atoms with Crippen LogP contribution in [0.2, 0.25) is 0 Å². The molecule has 0 aliphatic carbocycles. The number of methoxy groups -OCH3 is 1. The number of benzene rings is 1. The minimum absolute atomic E-state index is 0.143. The van der Waals surface area contributed by atoms with E-state index in [1.54, 1.807) is 7.11 Å². The molecule has 4 nitrogen and oxygen atoms in total. The number of carbonyl (C=O) groups excluding carboxylic acids is 1. The molecule has 0 atom stereocenters. The van der Waals surface area contributed by atoms with Crippen molar-refractivity contribution in [1.82, 2.24) is 0 Å².